The Kier molecular flexibility index (Phi) is 2.52. The maximum Gasteiger partial charge on any atom is 0.0580 e. The molecule has 17 heavy (non-hydrogen) atoms. The number of aliphatic imine (C=N–C) groups is 1. The van der Waals surface area contributed by atoms with E-state index < -0.39 is 0 Å². The number of rotatable bonds is 1. The summed E-state index contributed by atoms with van der Waals surface area (Å²) in [4.78, 5) is 4.60. The zero-order valence-electron chi connectivity index (χ0n) is 9.88. The molecule has 0 spiro atoms. The van der Waals surface area contributed by atoms with Crippen LogP contribution >= 0.6 is 0 Å². The summed E-state index contributed by atoms with van der Waals surface area (Å²) in [6, 6.07) is 19.5. The van der Waals surface area contributed by atoms with Gasteiger partial charge in [-0.15, -0.1) is 0 Å². The van der Waals surface area contributed by atoms with Crippen LogP contribution in [0, 0.1) is 0 Å². The Morgan fingerprint density at radius 1 is 0.882 bits per heavy atom. The lowest BCUT2D eigenvalue weighted by Gasteiger charge is -2.27. The Morgan fingerprint density at radius 2 is 1.59 bits per heavy atom. The number of fused-ring (bicyclic) bond motifs is 1. The zero-order valence-corrected chi connectivity index (χ0v) is 9.88. The topological polar surface area (TPSA) is 12.4 Å². The predicted molar refractivity (Wildman–Crippen MR) is 71.8 cm³/mol. The highest BCUT2D eigenvalue weighted by Gasteiger charge is 2.25. The van der Waals surface area contributed by atoms with Crippen molar-refractivity contribution >= 4 is 6.21 Å². The Hall–Kier alpha value is -1.89. The van der Waals surface area contributed by atoms with Gasteiger partial charge in [-0.05, 0) is 23.6 Å². The highest BCUT2D eigenvalue weighted by atomic mass is 14.8. The maximum atomic E-state index is 4.60. The van der Waals surface area contributed by atoms with Gasteiger partial charge in [0.15, 0.2) is 0 Å². The molecule has 84 valence electrons. The number of nitrogens with zero attached hydrogens (tertiary/aromatic N) is 1. The molecule has 1 aliphatic rings. The van der Waals surface area contributed by atoms with Crippen LogP contribution in [0.4, 0.5) is 0 Å². The molecule has 0 aliphatic carbocycles. The molecule has 0 amide bonds. The third-order valence-corrected chi connectivity index (χ3v) is 3.42. The summed E-state index contributed by atoms with van der Waals surface area (Å²) in [6.07, 6.45) is 2.00. The van der Waals surface area contributed by atoms with Gasteiger partial charge >= 0.3 is 0 Å². The van der Waals surface area contributed by atoms with Crippen LogP contribution in [0.5, 0.6) is 0 Å². The summed E-state index contributed by atoms with van der Waals surface area (Å²) >= 11 is 0. The minimum absolute atomic E-state index is 0.312. The Morgan fingerprint density at radius 3 is 2.41 bits per heavy atom. The highest BCUT2D eigenvalue weighted by Crippen LogP contribution is 2.33. The van der Waals surface area contributed by atoms with Gasteiger partial charge in [-0.3, -0.25) is 4.99 Å². The van der Waals surface area contributed by atoms with E-state index in [2.05, 4.69) is 66.5 Å². The molecule has 1 aliphatic heterocycles. The summed E-state index contributed by atoms with van der Waals surface area (Å²) in [5.41, 5.74) is 3.99. The second kappa shape index (κ2) is 4.17. The first-order valence-electron chi connectivity index (χ1n) is 6.03. The standard InChI is InChI=1S/C16H15N/c1-12-16(13-7-3-2-4-8-13)15-10-6-5-9-14(15)11-17-12/h2-12,16H,1H3. The second-order valence-electron chi connectivity index (χ2n) is 4.54. The van der Waals surface area contributed by atoms with Crippen molar-refractivity contribution in [1.29, 1.82) is 0 Å². The second-order valence-corrected chi connectivity index (χ2v) is 4.54. The first kappa shape index (κ1) is 10.3. The molecule has 0 aromatic heterocycles. The normalized spacial score (nSPS) is 22.2. The summed E-state index contributed by atoms with van der Waals surface area (Å²) in [7, 11) is 0. The number of hydrogen-bond acceptors (Lipinski definition) is 1. The van der Waals surface area contributed by atoms with Crippen LogP contribution in [0.2, 0.25) is 0 Å². The average Bonchev–Trinajstić information content (AvgIpc) is 2.39. The fraction of sp³-hybridized carbons (Fsp3) is 0.188. The van der Waals surface area contributed by atoms with Crippen LogP contribution in [-0.4, -0.2) is 12.3 Å². The fourth-order valence-corrected chi connectivity index (χ4v) is 2.57. The van der Waals surface area contributed by atoms with Gasteiger partial charge in [-0.1, -0.05) is 54.6 Å². The lowest BCUT2D eigenvalue weighted by atomic mass is 9.82. The molecule has 2 aromatic rings. The van der Waals surface area contributed by atoms with Crippen LogP contribution in [-0.2, 0) is 0 Å². The summed E-state index contributed by atoms with van der Waals surface area (Å²) in [5, 5.41) is 0. The van der Waals surface area contributed by atoms with E-state index in [1.165, 1.54) is 16.7 Å². The SMILES string of the molecule is CC1N=Cc2ccccc2C1c1ccccc1. The van der Waals surface area contributed by atoms with Crippen molar-refractivity contribution in [2.24, 2.45) is 4.99 Å². The smallest absolute Gasteiger partial charge is 0.0580 e. The van der Waals surface area contributed by atoms with Gasteiger partial charge < -0.3 is 0 Å². The van der Waals surface area contributed by atoms with E-state index in [9.17, 15) is 0 Å². The minimum atomic E-state index is 0.312. The third kappa shape index (κ3) is 1.78. The lowest BCUT2D eigenvalue weighted by Crippen LogP contribution is -2.20. The molecule has 2 atom stereocenters. The molecule has 0 N–H and O–H groups in total. The molecule has 2 aromatic carbocycles. The van der Waals surface area contributed by atoms with E-state index in [1.54, 1.807) is 0 Å². The van der Waals surface area contributed by atoms with Gasteiger partial charge in [0.05, 0.1) is 6.04 Å². The van der Waals surface area contributed by atoms with E-state index in [-0.39, 0.29) is 0 Å². The van der Waals surface area contributed by atoms with Gasteiger partial charge in [-0.2, -0.15) is 0 Å². The van der Waals surface area contributed by atoms with Crippen LogP contribution in [0.1, 0.15) is 29.5 Å². The fourth-order valence-electron chi connectivity index (χ4n) is 2.57. The highest BCUT2D eigenvalue weighted by molar-refractivity contribution is 5.84. The van der Waals surface area contributed by atoms with E-state index >= 15 is 0 Å². The van der Waals surface area contributed by atoms with E-state index in [0.717, 1.165) is 0 Å². The van der Waals surface area contributed by atoms with Crippen LogP contribution in [0.3, 0.4) is 0 Å². The third-order valence-electron chi connectivity index (χ3n) is 3.42. The van der Waals surface area contributed by atoms with Crippen molar-refractivity contribution in [2.75, 3.05) is 0 Å². The Balaban J connectivity index is 2.13. The minimum Gasteiger partial charge on any atom is -0.289 e. The predicted octanol–water partition coefficient (Wildman–Crippen LogP) is 3.64. The molecule has 0 saturated heterocycles. The van der Waals surface area contributed by atoms with E-state index in [4.69, 9.17) is 0 Å². The van der Waals surface area contributed by atoms with Gasteiger partial charge in [0.1, 0.15) is 0 Å². The first-order valence-corrected chi connectivity index (χ1v) is 6.03. The van der Waals surface area contributed by atoms with Crippen molar-refractivity contribution < 1.29 is 0 Å². The molecule has 1 nitrogen and oxygen atoms in total. The summed E-state index contributed by atoms with van der Waals surface area (Å²) in [5.74, 6) is 0.386. The van der Waals surface area contributed by atoms with E-state index in [1.807, 2.05) is 6.21 Å². The quantitative estimate of drug-likeness (QED) is 0.697. The Labute approximate surface area is 102 Å². The molecular weight excluding hydrogens is 206 g/mol. The van der Waals surface area contributed by atoms with Crippen LogP contribution in [0.15, 0.2) is 59.6 Å². The lowest BCUT2D eigenvalue weighted by molar-refractivity contribution is 0.640. The molecule has 0 radical (unpaired) electrons. The van der Waals surface area contributed by atoms with Gasteiger partial charge in [-0.25, -0.2) is 0 Å². The molecular formula is C16H15N. The van der Waals surface area contributed by atoms with Gasteiger partial charge in [0.25, 0.3) is 0 Å². The molecule has 3 rings (SSSR count). The Bertz CT molecular complexity index is 542. The van der Waals surface area contributed by atoms with Crippen molar-refractivity contribution in [2.45, 2.75) is 18.9 Å². The molecule has 0 saturated carbocycles. The molecule has 1 heteroatoms. The van der Waals surface area contributed by atoms with E-state index in [0.29, 0.717) is 12.0 Å². The zero-order chi connectivity index (χ0) is 11.7. The number of benzene rings is 2. The van der Waals surface area contributed by atoms with Crippen LogP contribution in [0.25, 0.3) is 0 Å². The molecule has 1 heterocycles. The molecule has 2 unspecified atom stereocenters. The van der Waals surface area contributed by atoms with Gasteiger partial charge in [0, 0.05) is 12.1 Å². The summed E-state index contributed by atoms with van der Waals surface area (Å²) in [6.45, 7) is 2.18. The average molecular weight is 221 g/mol. The van der Waals surface area contributed by atoms with Crippen LogP contribution < -0.4 is 0 Å². The van der Waals surface area contributed by atoms with Crippen molar-refractivity contribution in [1.82, 2.24) is 0 Å². The molecule has 0 bridgehead atoms. The molecule has 0 fully saturated rings. The monoisotopic (exact) mass is 221 g/mol. The largest absolute Gasteiger partial charge is 0.289 e. The maximum absolute atomic E-state index is 4.60. The van der Waals surface area contributed by atoms with Crippen molar-refractivity contribution in [3.63, 3.8) is 0 Å². The summed E-state index contributed by atoms with van der Waals surface area (Å²) < 4.78 is 0. The van der Waals surface area contributed by atoms with Gasteiger partial charge in [0.2, 0.25) is 0 Å². The first-order chi connectivity index (χ1) is 8.36. The van der Waals surface area contributed by atoms with Crippen molar-refractivity contribution in [3.8, 4) is 0 Å². The van der Waals surface area contributed by atoms with Crippen molar-refractivity contribution in [3.05, 3.63) is 71.3 Å². The number of hydrogen-bond donors (Lipinski definition) is 0.